The van der Waals surface area contributed by atoms with E-state index in [9.17, 15) is 29.1 Å². The number of rotatable bonds is 17. The van der Waals surface area contributed by atoms with Gasteiger partial charge in [0.25, 0.3) is 0 Å². The quantitative estimate of drug-likeness (QED) is 0.144. The van der Waals surface area contributed by atoms with Crippen LogP contribution in [0.1, 0.15) is 45.1 Å². The normalized spacial score (nSPS) is 14.9. The van der Waals surface area contributed by atoms with Crippen LogP contribution in [0.15, 0.2) is 30.5 Å². The molecule has 2 rings (SSSR count). The maximum atomic E-state index is 13.3. The first-order valence-corrected chi connectivity index (χ1v) is 14.5. The summed E-state index contributed by atoms with van der Waals surface area (Å²) in [6, 6.07) is 3.06. The smallest absolute Gasteiger partial charge is 0.326 e. The number of aromatic amines is 1. The van der Waals surface area contributed by atoms with Crippen molar-refractivity contribution in [1.82, 2.24) is 20.9 Å². The molecule has 8 N–H and O–H groups in total. The maximum absolute atomic E-state index is 13.3. The molecule has 13 heteroatoms. The highest BCUT2D eigenvalue weighted by atomic mass is 32.2. The summed E-state index contributed by atoms with van der Waals surface area (Å²) in [6.07, 6.45) is 3.78. The minimum absolute atomic E-state index is 0.154. The number of hydrogen-bond acceptors (Lipinski definition) is 7. The van der Waals surface area contributed by atoms with Gasteiger partial charge in [0.15, 0.2) is 0 Å². The molecule has 220 valence electrons. The first-order valence-electron chi connectivity index (χ1n) is 13.1. The number of fused-ring (bicyclic) bond motifs is 1. The second-order valence-electron chi connectivity index (χ2n) is 9.72. The third-order valence-corrected chi connectivity index (χ3v) is 7.39. The summed E-state index contributed by atoms with van der Waals surface area (Å²) in [7, 11) is 0. The molecule has 0 bridgehead atoms. The van der Waals surface area contributed by atoms with Crippen LogP contribution in [0, 0.1) is 5.92 Å². The lowest BCUT2D eigenvalue weighted by Gasteiger charge is -2.28. The number of carbonyl (C=O) groups is 5. The van der Waals surface area contributed by atoms with Gasteiger partial charge in [-0.05, 0) is 48.8 Å². The van der Waals surface area contributed by atoms with E-state index < -0.39 is 60.2 Å². The molecule has 0 saturated heterocycles. The molecule has 3 amide bonds. The summed E-state index contributed by atoms with van der Waals surface area (Å²) < 4.78 is 0. The first-order chi connectivity index (χ1) is 19.0. The van der Waals surface area contributed by atoms with Crippen LogP contribution in [0.25, 0.3) is 10.9 Å². The van der Waals surface area contributed by atoms with E-state index in [0.717, 1.165) is 16.5 Å². The van der Waals surface area contributed by atoms with Crippen molar-refractivity contribution in [3.05, 3.63) is 36.0 Å². The molecule has 1 aromatic carbocycles. The number of nitrogens with one attached hydrogen (secondary N) is 4. The van der Waals surface area contributed by atoms with Gasteiger partial charge in [0.1, 0.15) is 18.1 Å². The Labute approximate surface area is 237 Å². The highest BCUT2D eigenvalue weighted by Gasteiger charge is 2.32. The fourth-order valence-electron chi connectivity index (χ4n) is 4.16. The van der Waals surface area contributed by atoms with Gasteiger partial charge in [-0.1, -0.05) is 38.5 Å². The Balaban J connectivity index is 2.15. The van der Waals surface area contributed by atoms with Crippen LogP contribution in [0.4, 0.5) is 0 Å². The minimum atomic E-state index is -1.32. The average Bonchev–Trinajstić information content (AvgIpc) is 3.33. The Morgan fingerprint density at radius 3 is 2.27 bits per heavy atom. The van der Waals surface area contributed by atoms with Crippen molar-refractivity contribution in [2.45, 2.75) is 70.1 Å². The van der Waals surface area contributed by atoms with Gasteiger partial charge in [-0.15, -0.1) is 0 Å². The molecular weight excluding hydrogens is 538 g/mol. The molecule has 0 fully saturated rings. The molecule has 5 atom stereocenters. The SMILES string of the molecule is CCC(C)C(NC(=O)C(N)Cc1c[nH]c2ccccc12)C(=O)NC(CCC(=O)O)C(=O)NC(CCSC)C(=O)O. The third-order valence-electron chi connectivity index (χ3n) is 6.75. The third kappa shape index (κ3) is 9.56. The van der Waals surface area contributed by atoms with Crippen molar-refractivity contribution in [2.75, 3.05) is 12.0 Å². The van der Waals surface area contributed by atoms with E-state index in [1.54, 1.807) is 19.4 Å². The highest BCUT2D eigenvalue weighted by Crippen LogP contribution is 2.19. The van der Waals surface area contributed by atoms with Crippen LogP contribution < -0.4 is 21.7 Å². The van der Waals surface area contributed by atoms with E-state index in [1.165, 1.54) is 11.8 Å². The topological polar surface area (TPSA) is 204 Å². The largest absolute Gasteiger partial charge is 0.481 e. The lowest BCUT2D eigenvalue weighted by Crippen LogP contribution is -2.58. The van der Waals surface area contributed by atoms with E-state index >= 15 is 0 Å². The first kappa shape index (κ1) is 32.6. The van der Waals surface area contributed by atoms with Crippen molar-refractivity contribution in [3.63, 3.8) is 0 Å². The molecule has 40 heavy (non-hydrogen) atoms. The maximum Gasteiger partial charge on any atom is 0.326 e. The van der Waals surface area contributed by atoms with E-state index in [0.29, 0.717) is 12.2 Å². The summed E-state index contributed by atoms with van der Waals surface area (Å²) in [4.78, 5) is 65.2. The van der Waals surface area contributed by atoms with E-state index in [2.05, 4.69) is 20.9 Å². The van der Waals surface area contributed by atoms with Crippen LogP contribution in [0.3, 0.4) is 0 Å². The van der Waals surface area contributed by atoms with Crippen LogP contribution in [-0.2, 0) is 30.4 Å². The molecule has 0 spiro atoms. The van der Waals surface area contributed by atoms with Crippen molar-refractivity contribution in [3.8, 4) is 0 Å². The van der Waals surface area contributed by atoms with E-state index in [1.807, 2.05) is 31.2 Å². The molecule has 0 aliphatic rings. The van der Waals surface area contributed by atoms with Crippen LogP contribution in [-0.4, -0.2) is 81.0 Å². The molecule has 0 aliphatic carbocycles. The zero-order chi connectivity index (χ0) is 29.8. The van der Waals surface area contributed by atoms with Crippen molar-refractivity contribution < 1.29 is 34.2 Å². The fraction of sp³-hybridized carbons (Fsp3) is 0.519. The average molecular weight is 578 g/mol. The lowest BCUT2D eigenvalue weighted by atomic mass is 9.96. The fourth-order valence-corrected chi connectivity index (χ4v) is 4.63. The minimum Gasteiger partial charge on any atom is -0.481 e. The molecule has 1 heterocycles. The molecular formula is C27H39N5O7S. The lowest BCUT2D eigenvalue weighted by molar-refractivity contribution is -0.143. The van der Waals surface area contributed by atoms with Gasteiger partial charge in [-0.3, -0.25) is 19.2 Å². The molecule has 0 saturated carbocycles. The summed E-state index contributed by atoms with van der Waals surface area (Å²) in [5.74, 6) is -4.35. The van der Waals surface area contributed by atoms with Gasteiger partial charge < -0.3 is 36.9 Å². The Bertz CT molecular complexity index is 1190. The van der Waals surface area contributed by atoms with Crippen LogP contribution in [0.2, 0.25) is 0 Å². The molecule has 0 aliphatic heterocycles. The second kappa shape index (κ2) is 15.9. The number of aromatic nitrogens is 1. The second-order valence-corrected chi connectivity index (χ2v) is 10.7. The number of carbonyl (C=O) groups excluding carboxylic acids is 3. The van der Waals surface area contributed by atoms with E-state index in [-0.39, 0.29) is 25.2 Å². The highest BCUT2D eigenvalue weighted by molar-refractivity contribution is 7.98. The number of H-pyrrole nitrogens is 1. The Kier molecular flexibility index (Phi) is 12.9. The van der Waals surface area contributed by atoms with Gasteiger partial charge in [-0.25, -0.2) is 4.79 Å². The van der Waals surface area contributed by atoms with Crippen molar-refractivity contribution >= 4 is 52.3 Å². The number of para-hydroxylation sites is 1. The molecule has 5 unspecified atom stereocenters. The number of amides is 3. The van der Waals surface area contributed by atoms with Gasteiger partial charge in [-0.2, -0.15) is 11.8 Å². The van der Waals surface area contributed by atoms with Gasteiger partial charge in [0.05, 0.1) is 6.04 Å². The summed E-state index contributed by atoms with van der Waals surface area (Å²) in [6.45, 7) is 3.59. The molecule has 2 aromatic rings. The monoisotopic (exact) mass is 577 g/mol. The Morgan fingerprint density at radius 1 is 0.975 bits per heavy atom. The molecule has 0 radical (unpaired) electrons. The number of thioether (sulfide) groups is 1. The number of aliphatic carboxylic acids is 2. The number of carboxylic acid groups (broad SMARTS) is 2. The molecule has 12 nitrogen and oxygen atoms in total. The van der Waals surface area contributed by atoms with Gasteiger partial charge in [0, 0.05) is 23.5 Å². The van der Waals surface area contributed by atoms with Crippen LogP contribution in [0.5, 0.6) is 0 Å². The summed E-state index contributed by atoms with van der Waals surface area (Å²) >= 11 is 1.41. The van der Waals surface area contributed by atoms with Crippen molar-refractivity contribution in [1.29, 1.82) is 0 Å². The zero-order valence-electron chi connectivity index (χ0n) is 22.9. The predicted molar refractivity (Wildman–Crippen MR) is 153 cm³/mol. The number of nitrogens with two attached hydrogens (primary N) is 1. The van der Waals surface area contributed by atoms with Gasteiger partial charge >= 0.3 is 11.9 Å². The van der Waals surface area contributed by atoms with E-state index in [4.69, 9.17) is 10.8 Å². The van der Waals surface area contributed by atoms with Crippen molar-refractivity contribution in [2.24, 2.45) is 11.7 Å². The Morgan fingerprint density at radius 2 is 1.65 bits per heavy atom. The Hall–Kier alpha value is -3.58. The number of benzene rings is 1. The van der Waals surface area contributed by atoms with Gasteiger partial charge in [0.2, 0.25) is 17.7 Å². The van der Waals surface area contributed by atoms with Crippen LogP contribution >= 0.6 is 11.8 Å². The molecule has 1 aromatic heterocycles. The number of carboxylic acids is 2. The number of hydrogen-bond donors (Lipinski definition) is 7. The predicted octanol–water partition coefficient (Wildman–Crippen LogP) is 1.24. The zero-order valence-corrected chi connectivity index (χ0v) is 23.8. The summed E-state index contributed by atoms with van der Waals surface area (Å²) in [5.41, 5.74) is 7.96. The summed E-state index contributed by atoms with van der Waals surface area (Å²) in [5, 5.41) is 27.1. The standard InChI is InChI=1S/C27H39N5O7S/c1-4-15(2)23(32-24(35)18(28)13-16-14-29-19-8-6-5-7-17(16)19)26(37)30-20(9-10-22(33)34)25(36)31-21(27(38)39)11-12-40-3/h5-8,14-15,18,20-21,23,29H,4,9-13,28H2,1-3H3,(H,30,37)(H,31,36)(H,32,35)(H,33,34)(H,38,39).